The number of methoxy groups -OCH3 is 2. The summed E-state index contributed by atoms with van der Waals surface area (Å²) in [7, 11) is 2.29. The SMILES string of the molecule is CCOC(=O)c1cc(OC)c(F)c(OC)c1F. The van der Waals surface area contributed by atoms with Gasteiger partial charge in [0.2, 0.25) is 5.82 Å². The zero-order valence-corrected chi connectivity index (χ0v) is 9.67. The molecule has 0 saturated heterocycles. The molecule has 0 saturated carbocycles. The summed E-state index contributed by atoms with van der Waals surface area (Å²) in [6.07, 6.45) is 0. The first kappa shape index (κ1) is 13.2. The van der Waals surface area contributed by atoms with Crippen molar-refractivity contribution in [2.75, 3.05) is 20.8 Å². The molecule has 6 heteroatoms. The Hall–Kier alpha value is -1.85. The first-order valence-corrected chi connectivity index (χ1v) is 4.83. The number of ether oxygens (including phenoxy) is 3. The number of esters is 1. The van der Waals surface area contributed by atoms with Crippen molar-refractivity contribution in [1.29, 1.82) is 0 Å². The number of hydrogen-bond acceptors (Lipinski definition) is 4. The minimum Gasteiger partial charge on any atom is -0.494 e. The number of carbonyl (C=O) groups excluding carboxylic acids is 1. The van der Waals surface area contributed by atoms with Crippen molar-refractivity contribution in [2.24, 2.45) is 0 Å². The monoisotopic (exact) mass is 246 g/mol. The standard InChI is InChI=1S/C11H12F2O4/c1-4-17-11(14)6-5-7(15-2)9(13)10(16-3)8(6)12/h5H,4H2,1-3H3. The summed E-state index contributed by atoms with van der Waals surface area (Å²) in [4.78, 5) is 11.4. The van der Waals surface area contributed by atoms with Crippen LogP contribution in [0.2, 0.25) is 0 Å². The van der Waals surface area contributed by atoms with Crippen molar-refractivity contribution in [2.45, 2.75) is 6.92 Å². The van der Waals surface area contributed by atoms with Gasteiger partial charge in [0.15, 0.2) is 17.3 Å². The predicted octanol–water partition coefficient (Wildman–Crippen LogP) is 2.16. The van der Waals surface area contributed by atoms with E-state index in [-0.39, 0.29) is 12.4 Å². The highest BCUT2D eigenvalue weighted by atomic mass is 19.1. The Bertz CT molecular complexity index is 432. The molecular weight excluding hydrogens is 234 g/mol. The van der Waals surface area contributed by atoms with E-state index in [0.29, 0.717) is 0 Å². The fraction of sp³-hybridized carbons (Fsp3) is 0.364. The van der Waals surface area contributed by atoms with Crippen molar-refractivity contribution in [3.63, 3.8) is 0 Å². The Morgan fingerprint density at radius 1 is 1.24 bits per heavy atom. The van der Waals surface area contributed by atoms with Gasteiger partial charge in [-0.15, -0.1) is 0 Å². The van der Waals surface area contributed by atoms with Gasteiger partial charge in [0.05, 0.1) is 20.8 Å². The van der Waals surface area contributed by atoms with Gasteiger partial charge in [-0.05, 0) is 6.92 Å². The molecule has 0 atom stereocenters. The van der Waals surface area contributed by atoms with Gasteiger partial charge in [-0.25, -0.2) is 9.18 Å². The minimum atomic E-state index is -1.11. The summed E-state index contributed by atoms with van der Waals surface area (Å²) in [6, 6.07) is 0.936. The Kier molecular flexibility index (Phi) is 4.25. The van der Waals surface area contributed by atoms with Crippen molar-refractivity contribution in [1.82, 2.24) is 0 Å². The lowest BCUT2D eigenvalue weighted by molar-refractivity contribution is 0.0519. The molecule has 0 aliphatic heterocycles. The van der Waals surface area contributed by atoms with E-state index in [2.05, 4.69) is 14.2 Å². The van der Waals surface area contributed by atoms with Crippen molar-refractivity contribution in [3.05, 3.63) is 23.3 Å². The highest BCUT2D eigenvalue weighted by Gasteiger charge is 2.24. The normalized spacial score (nSPS) is 9.94. The first-order valence-electron chi connectivity index (χ1n) is 4.83. The van der Waals surface area contributed by atoms with Gasteiger partial charge in [0.1, 0.15) is 5.56 Å². The molecule has 1 aromatic carbocycles. The van der Waals surface area contributed by atoms with Crippen LogP contribution in [-0.4, -0.2) is 26.8 Å². The average Bonchev–Trinajstić information content (AvgIpc) is 2.30. The summed E-state index contributed by atoms with van der Waals surface area (Å²) >= 11 is 0. The number of halogens is 2. The quantitative estimate of drug-likeness (QED) is 0.764. The van der Waals surface area contributed by atoms with Gasteiger partial charge >= 0.3 is 5.97 Å². The summed E-state index contributed by atoms with van der Waals surface area (Å²) < 4.78 is 41.1. The van der Waals surface area contributed by atoms with E-state index in [9.17, 15) is 13.6 Å². The van der Waals surface area contributed by atoms with E-state index < -0.39 is 28.9 Å². The molecule has 0 fully saturated rings. The van der Waals surface area contributed by atoms with E-state index in [1.54, 1.807) is 6.92 Å². The zero-order chi connectivity index (χ0) is 13.0. The third kappa shape index (κ3) is 2.46. The second kappa shape index (κ2) is 5.47. The molecule has 1 aromatic rings. The van der Waals surface area contributed by atoms with Crippen LogP contribution in [0.5, 0.6) is 11.5 Å². The lowest BCUT2D eigenvalue weighted by Crippen LogP contribution is -2.10. The van der Waals surface area contributed by atoms with E-state index in [0.717, 1.165) is 13.2 Å². The number of hydrogen-bond donors (Lipinski definition) is 0. The lowest BCUT2D eigenvalue weighted by Gasteiger charge is -2.11. The second-order valence-electron chi connectivity index (χ2n) is 3.01. The van der Waals surface area contributed by atoms with Gasteiger partial charge in [0.25, 0.3) is 0 Å². The molecule has 0 radical (unpaired) electrons. The molecule has 94 valence electrons. The van der Waals surface area contributed by atoms with Gasteiger partial charge < -0.3 is 14.2 Å². The molecule has 0 aromatic heterocycles. The average molecular weight is 246 g/mol. The summed E-state index contributed by atoms with van der Waals surface area (Å²) in [6.45, 7) is 1.66. The highest BCUT2D eigenvalue weighted by Crippen LogP contribution is 2.32. The molecular formula is C11H12F2O4. The zero-order valence-electron chi connectivity index (χ0n) is 9.67. The van der Waals surface area contributed by atoms with Crippen molar-refractivity contribution in [3.8, 4) is 11.5 Å². The minimum absolute atomic E-state index is 0.0836. The van der Waals surface area contributed by atoms with Gasteiger partial charge in [-0.3, -0.25) is 0 Å². The number of benzene rings is 1. The molecule has 1 rings (SSSR count). The van der Waals surface area contributed by atoms with Crippen LogP contribution in [0.15, 0.2) is 6.07 Å². The van der Waals surface area contributed by atoms with E-state index >= 15 is 0 Å². The molecule has 0 heterocycles. The molecule has 0 amide bonds. The molecule has 0 N–H and O–H groups in total. The maximum atomic E-state index is 13.7. The Balaban J connectivity index is 3.36. The lowest BCUT2D eigenvalue weighted by atomic mass is 10.1. The van der Waals surface area contributed by atoms with E-state index in [4.69, 9.17) is 0 Å². The maximum Gasteiger partial charge on any atom is 0.341 e. The molecule has 0 spiro atoms. The molecule has 0 aliphatic rings. The van der Waals surface area contributed by atoms with Crippen LogP contribution in [0, 0.1) is 11.6 Å². The van der Waals surface area contributed by atoms with E-state index in [1.165, 1.54) is 7.11 Å². The summed E-state index contributed by atoms with van der Waals surface area (Å²) in [5.41, 5.74) is -0.429. The Labute approximate surface area is 97.1 Å². The van der Waals surface area contributed by atoms with Crippen LogP contribution in [-0.2, 0) is 4.74 Å². The fourth-order valence-corrected chi connectivity index (χ4v) is 1.27. The molecule has 17 heavy (non-hydrogen) atoms. The van der Waals surface area contributed by atoms with Crippen molar-refractivity contribution < 1.29 is 27.8 Å². The Morgan fingerprint density at radius 3 is 2.35 bits per heavy atom. The smallest absolute Gasteiger partial charge is 0.341 e. The van der Waals surface area contributed by atoms with Crippen LogP contribution in [0.25, 0.3) is 0 Å². The third-order valence-corrected chi connectivity index (χ3v) is 2.05. The molecule has 0 aliphatic carbocycles. The topological polar surface area (TPSA) is 44.8 Å². The van der Waals surface area contributed by atoms with Crippen LogP contribution in [0.3, 0.4) is 0 Å². The molecule has 0 unspecified atom stereocenters. The summed E-state index contributed by atoms with van der Waals surface area (Å²) in [5, 5.41) is 0. The largest absolute Gasteiger partial charge is 0.494 e. The van der Waals surface area contributed by atoms with Crippen LogP contribution >= 0.6 is 0 Å². The van der Waals surface area contributed by atoms with E-state index in [1.807, 2.05) is 0 Å². The van der Waals surface area contributed by atoms with Gasteiger partial charge in [-0.1, -0.05) is 0 Å². The Morgan fingerprint density at radius 2 is 1.88 bits per heavy atom. The fourth-order valence-electron chi connectivity index (χ4n) is 1.27. The van der Waals surface area contributed by atoms with Crippen LogP contribution < -0.4 is 9.47 Å². The van der Waals surface area contributed by atoms with Crippen LogP contribution in [0.1, 0.15) is 17.3 Å². The maximum absolute atomic E-state index is 13.7. The third-order valence-electron chi connectivity index (χ3n) is 2.05. The second-order valence-corrected chi connectivity index (χ2v) is 3.01. The molecule has 0 bridgehead atoms. The number of carbonyl (C=O) groups is 1. The van der Waals surface area contributed by atoms with Gasteiger partial charge in [0, 0.05) is 6.07 Å². The van der Waals surface area contributed by atoms with Crippen LogP contribution in [0.4, 0.5) is 8.78 Å². The predicted molar refractivity (Wildman–Crippen MR) is 55.4 cm³/mol. The first-order chi connectivity index (χ1) is 8.06. The summed E-state index contributed by atoms with van der Waals surface area (Å²) in [5.74, 6) is -3.97. The number of rotatable bonds is 4. The van der Waals surface area contributed by atoms with Gasteiger partial charge in [-0.2, -0.15) is 4.39 Å². The van der Waals surface area contributed by atoms with Crippen molar-refractivity contribution >= 4 is 5.97 Å². The molecule has 4 nitrogen and oxygen atoms in total. The highest BCUT2D eigenvalue weighted by molar-refractivity contribution is 5.91.